The average molecular weight is 484 g/mol. The lowest BCUT2D eigenvalue weighted by molar-refractivity contribution is -0.113. The van der Waals surface area contributed by atoms with Crippen LogP contribution >= 0.6 is 23.1 Å². The molecule has 0 atom stereocenters. The van der Waals surface area contributed by atoms with E-state index in [1.54, 1.807) is 13.2 Å². The highest BCUT2D eigenvalue weighted by Crippen LogP contribution is 2.38. The molecule has 172 valence electrons. The van der Waals surface area contributed by atoms with E-state index in [4.69, 9.17) is 10.5 Å². The minimum Gasteiger partial charge on any atom is -0.496 e. The number of primary amides is 1. The zero-order valence-corrected chi connectivity index (χ0v) is 19.9. The Morgan fingerprint density at radius 2 is 2.09 bits per heavy atom. The second-order valence-corrected chi connectivity index (χ2v) is 9.57. The number of nitrogens with one attached hydrogen (secondary N) is 1. The van der Waals surface area contributed by atoms with Gasteiger partial charge in [-0.15, -0.1) is 28.1 Å². The number of aromatic nitrogens is 3. The molecule has 1 aromatic carbocycles. The number of carbonyl (C=O) groups excluding carboxylic acids is 2. The molecule has 2 aromatic heterocycles. The Morgan fingerprint density at radius 1 is 1.30 bits per heavy atom. The largest absolute Gasteiger partial charge is 0.496 e. The third kappa shape index (κ3) is 4.81. The van der Waals surface area contributed by atoms with E-state index in [-0.39, 0.29) is 11.7 Å². The van der Waals surface area contributed by atoms with Crippen LogP contribution in [0.25, 0.3) is 11.4 Å². The molecule has 0 saturated carbocycles. The molecule has 0 unspecified atom stereocenters. The number of benzene rings is 1. The smallest absolute Gasteiger partial charge is 0.251 e. The number of hydrogen-bond donors (Lipinski definition) is 2. The number of para-hydroxylation sites is 1. The molecule has 0 saturated heterocycles. The van der Waals surface area contributed by atoms with Gasteiger partial charge in [-0.05, 0) is 43.4 Å². The molecule has 0 aliphatic heterocycles. The quantitative estimate of drug-likeness (QED) is 0.353. The first-order chi connectivity index (χ1) is 16.0. The highest BCUT2D eigenvalue weighted by atomic mass is 32.2. The van der Waals surface area contributed by atoms with Crippen LogP contribution < -0.4 is 15.8 Å². The molecule has 8 nitrogen and oxygen atoms in total. The van der Waals surface area contributed by atoms with Gasteiger partial charge in [-0.3, -0.25) is 14.2 Å². The van der Waals surface area contributed by atoms with Crippen molar-refractivity contribution in [2.75, 3.05) is 18.2 Å². The summed E-state index contributed by atoms with van der Waals surface area (Å²) >= 11 is 2.72. The van der Waals surface area contributed by atoms with Crippen LogP contribution in [0.15, 0.2) is 42.1 Å². The number of ether oxygens (including phenoxy) is 1. The highest BCUT2D eigenvalue weighted by molar-refractivity contribution is 7.99. The molecule has 10 heteroatoms. The van der Waals surface area contributed by atoms with E-state index in [0.717, 1.165) is 41.7 Å². The van der Waals surface area contributed by atoms with E-state index < -0.39 is 5.91 Å². The first-order valence-electron chi connectivity index (χ1n) is 10.6. The number of thioether (sulfide) groups is 1. The van der Waals surface area contributed by atoms with Crippen molar-refractivity contribution in [3.05, 3.63) is 52.9 Å². The monoisotopic (exact) mass is 483 g/mol. The zero-order valence-electron chi connectivity index (χ0n) is 18.3. The third-order valence-electron chi connectivity index (χ3n) is 5.38. The fourth-order valence-electron chi connectivity index (χ4n) is 3.93. The Morgan fingerprint density at radius 3 is 2.85 bits per heavy atom. The maximum absolute atomic E-state index is 12.7. The van der Waals surface area contributed by atoms with Crippen molar-refractivity contribution in [3.8, 4) is 17.1 Å². The summed E-state index contributed by atoms with van der Waals surface area (Å²) in [6.07, 6.45) is 5.61. The standard InChI is InChI=1S/C23H25N5O3S2/c1-3-12-28-21(14-8-4-6-10-16(14)31-2)26-27-23(28)32-13-18(29)25-22-19(20(24)30)15-9-5-7-11-17(15)33-22/h3-4,6,8,10H,1,5,7,9,11-13H2,2H3,(H2,24,30)(H,25,29). The first kappa shape index (κ1) is 23.1. The van der Waals surface area contributed by atoms with Gasteiger partial charge < -0.3 is 15.8 Å². The van der Waals surface area contributed by atoms with Gasteiger partial charge in [0, 0.05) is 11.4 Å². The number of rotatable bonds is 9. The maximum atomic E-state index is 12.7. The number of thiophene rings is 1. The van der Waals surface area contributed by atoms with E-state index in [1.165, 1.54) is 23.1 Å². The summed E-state index contributed by atoms with van der Waals surface area (Å²) in [5.74, 6) is 0.710. The normalized spacial score (nSPS) is 12.8. The molecule has 0 bridgehead atoms. The molecule has 0 radical (unpaired) electrons. The van der Waals surface area contributed by atoms with Crippen LogP contribution in [-0.2, 0) is 24.2 Å². The predicted octanol–water partition coefficient (Wildman–Crippen LogP) is 3.91. The van der Waals surface area contributed by atoms with Crippen molar-refractivity contribution >= 4 is 39.9 Å². The van der Waals surface area contributed by atoms with E-state index in [0.29, 0.717) is 33.8 Å². The molecular weight excluding hydrogens is 458 g/mol. The highest BCUT2D eigenvalue weighted by Gasteiger charge is 2.25. The molecule has 33 heavy (non-hydrogen) atoms. The van der Waals surface area contributed by atoms with Gasteiger partial charge in [0.05, 0.1) is 24.0 Å². The zero-order chi connectivity index (χ0) is 23.4. The summed E-state index contributed by atoms with van der Waals surface area (Å²) < 4.78 is 7.35. The van der Waals surface area contributed by atoms with Crippen molar-refractivity contribution in [2.24, 2.45) is 5.73 Å². The SMILES string of the molecule is C=CCn1c(SCC(=O)Nc2sc3c(c2C(N)=O)CCCC3)nnc1-c1ccccc1OC. The number of carbonyl (C=O) groups is 2. The van der Waals surface area contributed by atoms with Gasteiger partial charge >= 0.3 is 0 Å². The molecule has 1 aliphatic carbocycles. The topological polar surface area (TPSA) is 112 Å². The number of hydrogen-bond acceptors (Lipinski definition) is 7. The Balaban J connectivity index is 1.51. The van der Waals surface area contributed by atoms with Gasteiger partial charge in [-0.1, -0.05) is 30.0 Å². The van der Waals surface area contributed by atoms with Gasteiger partial charge in [-0.2, -0.15) is 0 Å². The minimum atomic E-state index is -0.496. The molecular formula is C23H25N5O3S2. The molecule has 2 amide bonds. The second kappa shape index (κ2) is 10.2. The summed E-state index contributed by atoms with van der Waals surface area (Å²) in [6.45, 7) is 4.30. The molecule has 0 spiro atoms. The van der Waals surface area contributed by atoms with E-state index in [9.17, 15) is 9.59 Å². The number of nitrogens with zero attached hydrogens (tertiary/aromatic N) is 3. The lowest BCUT2D eigenvalue weighted by Gasteiger charge is -2.11. The summed E-state index contributed by atoms with van der Waals surface area (Å²) in [5, 5.41) is 12.6. The Labute approximate surface area is 200 Å². The fourth-order valence-corrected chi connectivity index (χ4v) is 5.98. The van der Waals surface area contributed by atoms with Crippen molar-refractivity contribution in [3.63, 3.8) is 0 Å². The van der Waals surface area contributed by atoms with Gasteiger partial charge in [0.15, 0.2) is 11.0 Å². The Hall–Kier alpha value is -3.11. The van der Waals surface area contributed by atoms with Gasteiger partial charge in [0.2, 0.25) is 5.91 Å². The molecule has 4 rings (SSSR count). The van der Waals surface area contributed by atoms with Crippen molar-refractivity contribution in [1.29, 1.82) is 0 Å². The van der Waals surface area contributed by atoms with Gasteiger partial charge in [-0.25, -0.2) is 0 Å². The van der Waals surface area contributed by atoms with Crippen molar-refractivity contribution < 1.29 is 14.3 Å². The van der Waals surface area contributed by atoms with Crippen molar-refractivity contribution in [2.45, 2.75) is 37.4 Å². The van der Waals surface area contributed by atoms with Crippen LogP contribution in [0.4, 0.5) is 5.00 Å². The minimum absolute atomic E-state index is 0.113. The van der Waals surface area contributed by atoms with E-state index in [2.05, 4.69) is 22.1 Å². The molecule has 3 N–H and O–H groups in total. The number of amides is 2. The molecule has 2 heterocycles. The lowest BCUT2D eigenvalue weighted by atomic mass is 9.95. The van der Waals surface area contributed by atoms with Crippen LogP contribution in [0.1, 0.15) is 33.6 Å². The van der Waals surface area contributed by atoms with Gasteiger partial charge in [0.1, 0.15) is 10.8 Å². The first-order valence-corrected chi connectivity index (χ1v) is 12.4. The Kier molecular flexibility index (Phi) is 7.14. The predicted molar refractivity (Wildman–Crippen MR) is 131 cm³/mol. The number of allylic oxidation sites excluding steroid dienone is 1. The number of fused-ring (bicyclic) bond motifs is 1. The number of nitrogens with two attached hydrogens (primary N) is 1. The van der Waals surface area contributed by atoms with E-state index in [1.807, 2.05) is 28.8 Å². The number of aryl methyl sites for hydroxylation is 1. The van der Waals surface area contributed by atoms with Gasteiger partial charge in [0.25, 0.3) is 5.91 Å². The van der Waals surface area contributed by atoms with Crippen LogP contribution in [0.5, 0.6) is 5.75 Å². The summed E-state index contributed by atoms with van der Waals surface area (Å²) in [7, 11) is 1.61. The lowest BCUT2D eigenvalue weighted by Crippen LogP contribution is -2.19. The number of anilines is 1. The molecule has 1 aliphatic rings. The number of methoxy groups -OCH3 is 1. The maximum Gasteiger partial charge on any atom is 0.251 e. The summed E-state index contributed by atoms with van der Waals surface area (Å²) in [6, 6.07) is 7.56. The van der Waals surface area contributed by atoms with Crippen LogP contribution in [0.3, 0.4) is 0 Å². The molecule has 0 fully saturated rings. The molecule has 3 aromatic rings. The van der Waals surface area contributed by atoms with Crippen LogP contribution in [-0.4, -0.2) is 39.4 Å². The average Bonchev–Trinajstić information content (AvgIpc) is 3.38. The second-order valence-electron chi connectivity index (χ2n) is 7.52. The summed E-state index contributed by atoms with van der Waals surface area (Å²) in [5.41, 5.74) is 7.89. The summed E-state index contributed by atoms with van der Waals surface area (Å²) in [4.78, 5) is 25.9. The third-order valence-corrected chi connectivity index (χ3v) is 7.55. The van der Waals surface area contributed by atoms with Crippen LogP contribution in [0, 0.1) is 0 Å². The van der Waals surface area contributed by atoms with Crippen LogP contribution in [0.2, 0.25) is 0 Å². The van der Waals surface area contributed by atoms with Crippen molar-refractivity contribution in [1.82, 2.24) is 14.8 Å². The Bertz CT molecular complexity index is 1200. The fraction of sp³-hybridized carbons (Fsp3) is 0.304. The van der Waals surface area contributed by atoms with E-state index >= 15 is 0 Å².